The average molecular weight is 435 g/mol. The molecule has 0 saturated carbocycles. The minimum atomic E-state index is -0.571. The first-order valence-electron chi connectivity index (χ1n) is 11.0. The predicted molar refractivity (Wildman–Crippen MR) is 127 cm³/mol. The second-order valence-electron chi connectivity index (χ2n) is 8.04. The van der Waals surface area contributed by atoms with E-state index in [9.17, 15) is 9.59 Å². The summed E-state index contributed by atoms with van der Waals surface area (Å²) in [5.74, 6) is 0.643. The van der Waals surface area contributed by atoms with Gasteiger partial charge in [0.15, 0.2) is 0 Å². The summed E-state index contributed by atoms with van der Waals surface area (Å²) in [5, 5.41) is 0.788. The molecule has 3 aromatic rings. The third-order valence-corrected chi connectivity index (χ3v) is 5.99. The number of esters is 1. The van der Waals surface area contributed by atoms with Crippen molar-refractivity contribution in [3.8, 4) is 16.9 Å². The fourth-order valence-electron chi connectivity index (χ4n) is 3.58. The van der Waals surface area contributed by atoms with Crippen LogP contribution in [0.5, 0.6) is 5.75 Å². The zero-order valence-corrected chi connectivity index (χ0v) is 19.1. The van der Waals surface area contributed by atoms with Crippen molar-refractivity contribution < 1.29 is 18.7 Å². The van der Waals surface area contributed by atoms with E-state index in [1.807, 2.05) is 18.2 Å². The van der Waals surface area contributed by atoms with Crippen LogP contribution in [0.25, 0.3) is 22.1 Å². The van der Waals surface area contributed by atoms with E-state index in [0.717, 1.165) is 29.9 Å². The van der Waals surface area contributed by atoms with Crippen LogP contribution in [0.15, 0.2) is 64.3 Å². The first-order chi connectivity index (χ1) is 15.4. The summed E-state index contributed by atoms with van der Waals surface area (Å²) in [6, 6.07) is 13.4. The topological polar surface area (TPSA) is 65.7 Å². The van der Waals surface area contributed by atoms with Crippen molar-refractivity contribution in [1.29, 1.82) is 0 Å². The fourth-order valence-corrected chi connectivity index (χ4v) is 3.58. The van der Waals surface area contributed by atoms with Gasteiger partial charge in [-0.15, -0.1) is 0 Å². The quantitative estimate of drug-likeness (QED) is 0.165. The van der Waals surface area contributed by atoms with Crippen LogP contribution in [-0.2, 0) is 9.53 Å². The van der Waals surface area contributed by atoms with Crippen LogP contribution in [-0.4, -0.2) is 12.8 Å². The molecule has 2 atom stereocenters. The Kier molecular flexibility index (Phi) is 7.52. The molecule has 3 rings (SSSR count). The molecule has 5 nitrogen and oxygen atoms in total. The number of benzene rings is 2. The van der Waals surface area contributed by atoms with E-state index in [2.05, 4.69) is 46.4 Å². The molecule has 0 aliphatic heterocycles. The van der Waals surface area contributed by atoms with Gasteiger partial charge in [0, 0.05) is 17.5 Å². The van der Waals surface area contributed by atoms with E-state index in [-0.39, 0.29) is 6.79 Å². The third kappa shape index (κ3) is 5.10. The van der Waals surface area contributed by atoms with Gasteiger partial charge in [-0.25, -0.2) is 9.59 Å². The summed E-state index contributed by atoms with van der Waals surface area (Å²) in [7, 11) is 0. The maximum Gasteiger partial charge on any atom is 0.344 e. The Morgan fingerprint density at radius 3 is 2.47 bits per heavy atom. The van der Waals surface area contributed by atoms with Gasteiger partial charge in [0.25, 0.3) is 0 Å². The first kappa shape index (κ1) is 23.3. The Bertz CT molecular complexity index is 1170. The minimum absolute atomic E-state index is 0.251. The van der Waals surface area contributed by atoms with Crippen LogP contribution in [0.3, 0.4) is 0 Å². The van der Waals surface area contributed by atoms with Crippen molar-refractivity contribution in [2.45, 2.75) is 52.4 Å². The van der Waals surface area contributed by atoms with E-state index >= 15 is 0 Å². The largest absolute Gasteiger partial charge is 0.457 e. The van der Waals surface area contributed by atoms with Gasteiger partial charge in [-0.2, -0.15) is 0 Å². The Hall–Kier alpha value is -3.34. The van der Waals surface area contributed by atoms with E-state index < -0.39 is 11.6 Å². The van der Waals surface area contributed by atoms with Gasteiger partial charge in [0.2, 0.25) is 6.79 Å². The van der Waals surface area contributed by atoms with Crippen molar-refractivity contribution in [1.82, 2.24) is 0 Å². The zero-order valence-electron chi connectivity index (χ0n) is 19.1. The first-order valence-corrected chi connectivity index (χ1v) is 11.0. The van der Waals surface area contributed by atoms with E-state index in [1.54, 1.807) is 12.1 Å². The maximum absolute atomic E-state index is 12.9. The molecule has 0 saturated heterocycles. The van der Waals surface area contributed by atoms with Gasteiger partial charge in [-0.05, 0) is 59.6 Å². The van der Waals surface area contributed by atoms with Crippen molar-refractivity contribution in [3.05, 3.63) is 76.7 Å². The number of ether oxygens (including phenoxy) is 2. The predicted octanol–water partition coefficient (Wildman–Crippen LogP) is 6.55. The molecule has 0 N–H and O–H groups in total. The Morgan fingerprint density at radius 2 is 1.78 bits per heavy atom. The van der Waals surface area contributed by atoms with E-state index in [0.29, 0.717) is 28.7 Å². The highest BCUT2D eigenvalue weighted by Crippen LogP contribution is 2.34. The normalized spacial score (nSPS) is 12.9. The Labute approximate surface area is 188 Å². The Morgan fingerprint density at radius 1 is 1.03 bits per heavy atom. The number of hydrogen-bond acceptors (Lipinski definition) is 5. The molecule has 0 bridgehead atoms. The third-order valence-electron chi connectivity index (χ3n) is 5.99. The van der Waals surface area contributed by atoms with Crippen LogP contribution >= 0.6 is 0 Å². The molecule has 5 heteroatoms. The van der Waals surface area contributed by atoms with Crippen molar-refractivity contribution >= 4 is 16.9 Å². The molecule has 1 heterocycles. The molecule has 0 spiro atoms. The molecular weight excluding hydrogens is 404 g/mol. The number of fused-ring (bicyclic) bond motifs is 1. The minimum Gasteiger partial charge on any atom is -0.457 e. The molecule has 0 aliphatic carbocycles. The van der Waals surface area contributed by atoms with Crippen LogP contribution in [0.1, 0.15) is 63.5 Å². The van der Waals surface area contributed by atoms with E-state index in [1.165, 1.54) is 11.1 Å². The zero-order chi connectivity index (χ0) is 23.3. The smallest absolute Gasteiger partial charge is 0.344 e. The number of carbonyl (C=O) groups is 1. The second kappa shape index (κ2) is 10.3. The molecule has 2 unspecified atom stereocenters. The summed E-state index contributed by atoms with van der Waals surface area (Å²) >= 11 is 0. The lowest BCUT2D eigenvalue weighted by Crippen LogP contribution is -2.08. The standard InChI is InChI=1S/C27H30O5/c1-6-17(4)19-10-12-22(23(13-19)18(5)7-2)24-14-20-9-11-21(15-25(20)32-27(24)29)30-16-31-26(28)8-3/h8-15,17-18H,3,6-7,16H2,1-2,4-5H3. The lowest BCUT2D eigenvalue weighted by Gasteiger charge is -2.19. The van der Waals surface area contributed by atoms with Gasteiger partial charge in [0.1, 0.15) is 11.3 Å². The van der Waals surface area contributed by atoms with Crippen molar-refractivity contribution in [2.75, 3.05) is 6.79 Å². The summed E-state index contributed by atoms with van der Waals surface area (Å²) in [5.41, 5.74) is 3.94. The Balaban J connectivity index is 1.99. The van der Waals surface area contributed by atoms with Gasteiger partial charge in [-0.3, -0.25) is 0 Å². The van der Waals surface area contributed by atoms with Crippen molar-refractivity contribution in [3.63, 3.8) is 0 Å². The highest BCUT2D eigenvalue weighted by Gasteiger charge is 2.17. The van der Waals surface area contributed by atoms with Crippen LogP contribution < -0.4 is 10.4 Å². The second-order valence-corrected chi connectivity index (χ2v) is 8.04. The average Bonchev–Trinajstić information content (AvgIpc) is 2.82. The molecule has 0 radical (unpaired) electrons. The summed E-state index contributed by atoms with van der Waals surface area (Å²) < 4.78 is 15.9. The van der Waals surface area contributed by atoms with E-state index in [4.69, 9.17) is 13.9 Å². The van der Waals surface area contributed by atoms with Gasteiger partial charge < -0.3 is 13.9 Å². The van der Waals surface area contributed by atoms with Gasteiger partial charge in [0.05, 0.1) is 5.56 Å². The molecule has 0 fully saturated rings. The molecular formula is C27H30O5. The summed E-state index contributed by atoms with van der Waals surface area (Å²) in [6.07, 6.45) is 3.11. The maximum atomic E-state index is 12.9. The lowest BCUT2D eigenvalue weighted by atomic mass is 9.86. The molecule has 32 heavy (non-hydrogen) atoms. The molecule has 2 aromatic carbocycles. The van der Waals surface area contributed by atoms with Crippen LogP contribution in [0.2, 0.25) is 0 Å². The number of rotatable bonds is 9. The van der Waals surface area contributed by atoms with Gasteiger partial charge in [-0.1, -0.05) is 52.5 Å². The molecule has 168 valence electrons. The summed E-state index contributed by atoms with van der Waals surface area (Å²) in [4.78, 5) is 24.1. The number of hydrogen-bond donors (Lipinski definition) is 0. The van der Waals surface area contributed by atoms with Crippen LogP contribution in [0.4, 0.5) is 0 Å². The summed E-state index contributed by atoms with van der Waals surface area (Å²) in [6.45, 7) is 11.8. The molecule has 0 aliphatic rings. The number of carbonyl (C=O) groups excluding carboxylic acids is 1. The van der Waals surface area contributed by atoms with Crippen LogP contribution in [0, 0.1) is 0 Å². The molecule has 0 amide bonds. The highest BCUT2D eigenvalue weighted by atomic mass is 16.7. The molecule has 1 aromatic heterocycles. The van der Waals surface area contributed by atoms with Crippen molar-refractivity contribution in [2.24, 2.45) is 0 Å². The fraction of sp³-hybridized carbons (Fsp3) is 0.333. The SMILES string of the molecule is C=CC(=O)OCOc1ccc2cc(-c3ccc(C(C)CC)cc3C(C)CC)c(=O)oc2c1. The highest BCUT2D eigenvalue weighted by molar-refractivity contribution is 5.83. The monoisotopic (exact) mass is 434 g/mol. The lowest BCUT2D eigenvalue weighted by molar-refractivity contribution is -0.144. The van der Waals surface area contributed by atoms with Gasteiger partial charge >= 0.3 is 11.6 Å².